The van der Waals surface area contributed by atoms with Crippen molar-refractivity contribution in [1.29, 1.82) is 5.26 Å². The molecule has 2 aliphatic heterocycles. The average Bonchev–Trinajstić information content (AvgIpc) is 3.22. The number of nitriles is 1. The monoisotopic (exact) mass is 465 g/mol. The minimum absolute atomic E-state index is 0.00129. The maximum atomic E-state index is 10.1. The molecule has 3 aromatic carbocycles. The number of aliphatic hydroxyl groups is 1. The van der Waals surface area contributed by atoms with Crippen molar-refractivity contribution >= 4 is 10.9 Å². The lowest BCUT2D eigenvalue weighted by Gasteiger charge is -2.41. The Morgan fingerprint density at radius 3 is 2.69 bits per heavy atom. The summed E-state index contributed by atoms with van der Waals surface area (Å²) in [5.41, 5.74) is 7.91. The summed E-state index contributed by atoms with van der Waals surface area (Å²) in [6.07, 6.45) is 1.85. The van der Waals surface area contributed by atoms with E-state index < -0.39 is 0 Å². The van der Waals surface area contributed by atoms with E-state index >= 15 is 0 Å². The van der Waals surface area contributed by atoms with Crippen molar-refractivity contribution in [2.24, 2.45) is 0 Å². The Balaban J connectivity index is 1.32. The van der Waals surface area contributed by atoms with E-state index in [9.17, 15) is 5.11 Å². The molecule has 1 atom stereocenters. The number of ether oxygens (including phenoxy) is 2. The molecule has 1 unspecified atom stereocenters. The van der Waals surface area contributed by atoms with Gasteiger partial charge in [-0.05, 0) is 65.4 Å². The SMILES string of the molecule is COc1cc2c(cc1OCc1ccc(C#N)cc1)CCN1Cc3c(c4ccccc4n3CO)CC21. The van der Waals surface area contributed by atoms with Gasteiger partial charge in [-0.3, -0.25) is 4.90 Å². The van der Waals surface area contributed by atoms with Crippen molar-refractivity contribution in [3.05, 3.63) is 94.2 Å². The van der Waals surface area contributed by atoms with Crippen LogP contribution in [-0.4, -0.2) is 28.2 Å². The summed E-state index contributed by atoms with van der Waals surface area (Å²) in [5, 5.41) is 20.3. The summed E-state index contributed by atoms with van der Waals surface area (Å²) >= 11 is 0. The van der Waals surface area contributed by atoms with Crippen LogP contribution in [0.1, 0.15) is 39.6 Å². The predicted molar refractivity (Wildman–Crippen MR) is 133 cm³/mol. The van der Waals surface area contributed by atoms with Crippen molar-refractivity contribution in [1.82, 2.24) is 9.47 Å². The Morgan fingerprint density at radius 1 is 1.09 bits per heavy atom. The second kappa shape index (κ2) is 8.77. The van der Waals surface area contributed by atoms with Gasteiger partial charge in [-0.15, -0.1) is 0 Å². The maximum Gasteiger partial charge on any atom is 0.161 e. The molecular formula is C29H27N3O3. The molecule has 176 valence electrons. The minimum Gasteiger partial charge on any atom is -0.493 e. The smallest absolute Gasteiger partial charge is 0.161 e. The Hall–Kier alpha value is -3.79. The number of fused-ring (bicyclic) bond motifs is 6. The van der Waals surface area contributed by atoms with E-state index in [0.29, 0.717) is 12.2 Å². The van der Waals surface area contributed by atoms with Crippen molar-refractivity contribution in [3.63, 3.8) is 0 Å². The summed E-state index contributed by atoms with van der Waals surface area (Å²) in [4.78, 5) is 2.52. The Kier molecular flexibility index (Phi) is 5.44. The van der Waals surface area contributed by atoms with Gasteiger partial charge in [-0.2, -0.15) is 5.26 Å². The Labute approximate surface area is 204 Å². The fourth-order valence-electron chi connectivity index (χ4n) is 5.68. The van der Waals surface area contributed by atoms with Crippen LogP contribution in [0.5, 0.6) is 11.5 Å². The highest BCUT2D eigenvalue weighted by Crippen LogP contribution is 2.44. The van der Waals surface area contributed by atoms with E-state index in [4.69, 9.17) is 14.7 Å². The van der Waals surface area contributed by atoms with Crippen LogP contribution in [0, 0.1) is 11.3 Å². The molecule has 6 rings (SSSR count). The normalized spacial score (nSPS) is 16.8. The molecule has 0 aliphatic carbocycles. The van der Waals surface area contributed by atoms with Gasteiger partial charge in [0, 0.05) is 30.2 Å². The number of aromatic nitrogens is 1. The number of nitrogens with zero attached hydrogens (tertiary/aromatic N) is 3. The van der Waals surface area contributed by atoms with E-state index in [1.54, 1.807) is 7.11 Å². The first-order chi connectivity index (χ1) is 17.2. The third-order valence-electron chi connectivity index (χ3n) is 7.46. The number of aliphatic hydroxyl groups excluding tert-OH is 1. The lowest BCUT2D eigenvalue weighted by Crippen LogP contribution is -2.39. The number of benzene rings is 3. The zero-order valence-corrected chi connectivity index (χ0v) is 19.7. The highest BCUT2D eigenvalue weighted by Gasteiger charge is 2.35. The molecule has 0 amide bonds. The lowest BCUT2D eigenvalue weighted by atomic mass is 9.85. The summed E-state index contributed by atoms with van der Waals surface area (Å²) in [6, 6.07) is 22.5. The molecule has 35 heavy (non-hydrogen) atoms. The number of para-hydroxylation sites is 1. The van der Waals surface area contributed by atoms with E-state index in [-0.39, 0.29) is 12.8 Å². The third kappa shape index (κ3) is 3.65. The minimum atomic E-state index is -0.00129. The lowest BCUT2D eigenvalue weighted by molar-refractivity contribution is 0.145. The summed E-state index contributed by atoms with van der Waals surface area (Å²) in [7, 11) is 1.69. The Bertz CT molecular complexity index is 1450. The zero-order chi connectivity index (χ0) is 23.9. The molecule has 6 heteroatoms. The van der Waals surface area contributed by atoms with Crippen LogP contribution < -0.4 is 9.47 Å². The predicted octanol–water partition coefficient (Wildman–Crippen LogP) is 4.71. The quantitative estimate of drug-likeness (QED) is 0.462. The third-order valence-corrected chi connectivity index (χ3v) is 7.46. The van der Waals surface area contributed by atoms with Crippen LogP contribution in [0.4, 0.5) is 0 Å². The van der Waals surface area contributed by atoms with Crippen LogP contribution in [0.25, 0.3) is 10.9 Å². The second-order valence-electron chi connectivity index (χ2n) is 9.25. The topological polar surface area (TPSA) is 70.7 Å². The van der Waals surface area contributed by atoms with E-state index in [2.05, 4.69) is 45.9 Å². The van der Waals surface area contributed by atoms with Gasteiger partial charge >= 0.3 is 0 Å². The van der Waals surface area contributed by atoms with Crippen molar-refractivity contribution in [2.45, 2.75) is 38.8 Å². The van der Waals surface area contributed by atoms with Gasteiger partial charge in [-0.1, -0.05) is 30.3 Å². The van der Waals surface area contributed by atoms with E-state index in [1.165, 1.54) is 27.8 Å². The molecule has 0 radical (unpaired) electrons. The number of hydrogen-bond donors (Lipinski definition) is 1. The maximum absolute atomic E-state index is 10.1. The molecule has 1 N–H and O–H groups in total. The van der Waals surface area contributed by atoms with Gasteiger partial charge in [-0.25, -0.2) is 0 Å². The fourth-order valence-corrected chi connectivity index (χ4v) is 5.68. The highest BCUT2D eigenvalue weighted by molar-refractivity contribution is 5.86. The van der Waals surface area contributed by atoms with Gasteiger partial charge in [0.05, 0.1) is 24.3 Å². The van der Waals surface area contributed by atoms with E-state index in [0.717, 1.165) is 48.5 Å². The summed E-state index contributed by atoms with van der Waals surface area (Å²) in [6.45, 7) is 2.21. The molecule has 0 fully saturated rings. The zero-order valence-electron chi connectivity index (χ0n) is 19.7. The fraction of sp³-hybridized carbons (Fsp3) is 0.276. The van der Waals surface area contributed by atoms with Gasteiger partial charge in [0.15, 0.2) is 11.5 Å². The second-order valence-corrected chi connectivity index (χ2v) is 9.25. The molecule has 3 heterocycles. The van der Waals surface area contributed by atoms with Crippen molar-refractivity contribution in [3.8, 4) is 17.6 Å². The first kappa shape index (κ1) is 21.7. The molecule has 0 bridgehead atoms. The van der Waals surface area contributed by atoms with Crippen molar-refractivity contribution < 1.29 is 14.6 Å². The van der Waals surface area contributed by atoms with Gasteiger partial charge in [0.2, 0.25) is 0 Å². The standard InChI is InChI=1S/C29H27N3O3/c1-34-28-14-23-21(12-29(28)35-17-20-8-6-19(15-30)7-9-20)10-11-31-16-27-24(13-26(23)31)22-4-2-3-5-25(22)32(27)18-33/h2-9,12,14,26,33H,10-11,13,16-18H2,1H3. The molecule has 0 spiro atoms. The molecule has 6 nitrogen and oxygen atoms in total. The van der Waals surface area contributed by atoms with Gasteiger partial charge < -0.3 is 19.1 Å². The van der Waals surface area contributed by atoms with Crippen LogP contribution in [0.15, 0.2) is 60.7 Å². The number of methoxy groups -OCH3 is 1. The first-order valence-corrected chi connectivity index (χ1v) is 12.0. The highest BCUT2D eigenvalue weighted by atomic mass is 16.5. The molecular weight excluding hydrogens is 438 g/mol. The van der Waals surface area contributed by atoms with Crippen LogP contribution in [-0.2, 0) is 32.7 Å². The number of rotatable bonds is 5. The van der Waals surface area contributed by atoms with Crippen LogP contribution in [0.3, 0.4) is 0 Å². The van der Waals surface area contributed by atoms with Crippen molar-refractivity contribution in [2.75, 3.05) is 13.7 Å². The molecule has 4 aromatic rings. The van der Waals surface area contributed by atoms with Crippen LogP contribution >= 0.6 is 0 Å². The van der Waals surface area contributed by atoms with Gasteiger partial charge in [0.25, 0.3) is 0 Å². The molecule has 2 aliphatic rings. The molecule has 0 saturated carbocycles. The number of hydrogen-bond acceptors (Lipinski definition) is 5. The van der Waals surface area contributed by atoms with Crippen LogP contribution in [0.2, 0.25) is 0 Å². The molecule has 1 aromatic heterocycles. The summed E-state index contributed by atoms with van der Waals surface area (Å²) < 4.78 is 14.0. The Morgan fingerprint density at radius 2 is 1.91 bits per heavy atom. The largest absolute Gasteiger partial charge is 0.493 e. The molecule has 0 saturated heterocycles. The summed E-state index contributed by atoms with van der Waals surface area (Å²) in [5.74, 6) is 1.49. The van der Waals surface area contributed by atoms with Gasteiger partial charge in [0.1, 0.15) is 13.3 Å². The van der Waals surface area contributed by atoms with E-state index in [1.807, 2.05) is 30.3 Å². The first-order valence-electron chi connectivity index (χ1n) is 12.0. The average molecular weight is 466 g/mol.